The molecular weight excluding hydrogens is 459 g/mol. The fourth-order valence-electron chi connectivity index (χ4n) is 2.49. The second-order valence-electron chi connectivity index (χ2n) is 5.60. The Kier molecular flexibility index (Phi) is 11.2. The van der Waals surface area contributed by atoms with Gasteiger partial charge in [-0.25, -0.2) is 0 Å². The molecule has 1 aromatic heterocycles. The summed E-state index contributed by atoms with van der Waals surface area (Å²) in [5.41, 5.74) is 0. The molecule has 1 aromatic rings. The molecular formula is C16H28ClIN4OS. The van der Waals surface area contributed by atoms with E-state index in [0.29, 0.717) is 6.04 Å². The summed E-state index contributed by atoms with van der Waals surface area (Å²) in [7, 11) is 0. The van der Waals surface area contributed by atoms with E-state index in [1.807, 2.05) is 6.07 Å². The largest absolute Gasteiger partial charge is 0.379 e. The number of guanidine groups is 1. The van der Waals surface area contributed by atoms with Gasteiger partial charge in [-0.15, -0.1) is 35.3 Å². The first-order chi connectivity index (χ1) is 11.2. The summed E-state index contributed by atoms with van der Waals surface area (Å²) >= 11 is 7.59. The van der Waals surface area contributed by atoms with Crippen molar-refractivity contribution in [2.45, 2.75) is 26.3 Å². The smallest absolute Gasteiger partial charge is 0.191 e. The molecule has 0 aromatic carbocycles. The van der Waals surface area contributed by atoms with Gasteiger partial charge in [0.25, 0.3) is 0 Å². The van der Waals surface area contributed by atoms with Crippen molar-refractivity contribution in [1.29, 1.82) is 0 Å². The maximum atomic E-state index is 5.96. The van der Waals surface area contributed by atoms with Gasteiger partial charge in [0.15, 0.2) is 5.96 Å². The topological polar surface area (TPSA) is 48.9 Å². The van der Waals surface area contributed by atoms with Gasteiger partial charge in [-0.05, 0) is 32.4 Å². The Morgan fingerprint density at radius 3 is 2.75 bits per heavy atom. The zero-order chi connectivity index (χ0) is 16.5. The van der Waals surface area contributed by atoms with Crippen molar-refractivity contribution in [3.63, 3.8) is 0 Å². The number of rotatable bonds is 7. The van der Waals surface area contributed by atoms with Crippen molar-refractivity contribution in [3.05, 3.63) is 21.3 Å². The highest BCUT2D eigenvalue weighted by Gasteiger charge is 2.16. The molecule has 1 fully saturated rings. The fourth-order valence-corrected chi connectivity index (χ4v) is 3.58. The number of hydrogen-bond acceptors (Lipinski definition) is 4. The lowest BCUT2D eigenvalue weighted by Crippen LogP contribution is -2.44. The SMILES string of the molecule is CCNC(=NCC(C)N1CCOCC1)NCCc1ccc(Cl)s1.I. The highest BCUT2D eigenvalue weighted by Crippen LogP contribution is 2.21. The zero-order valence-corrected chi connectivity index (χ0v) is 18.3. The minimum absolute atomic E-state index is 0. The van der Waals surface area contributed by atoms with E-state index in [-0.39, 0.29) is 24.0 Å². The number of thiophene rings is 1. The average molecular weight is 487 g/mol. The van der Waals surface area contributed by atoms with Crippen molar-refractivity contribution in [3.8, 4) is 0 Å². The van der Waals surface area contributed by atoms with E-state index in [1.54, 1.807) is 11.3 Å². The Labute approximate surface area is 171 Å². The van der Waals surface area contributed by atoms with Gasteiger partial charge < -0.3 is 15.4 Å². The molecule has 8 heteroatoms. The summed E-state index contributed by atoms with van der Waals surface area (Å²) in [6.07, 6.45) is 0.959. The number of nitrogens with zero attached hydrogens (tertiary/aromatic N) is 2. The molecule has 2 rings (SSSR count). The number of nitrogens with one attached hydrogen (secondary N) is 2. The molecule has 0 amide bonds. The first kappa shape index (κ1) is 22.0. The van der Waals surface area contributed by atoms with Gasteiger partial charge in [-0.1, -0.05) is 11.6 Å². The Hall–Kier alpha value is -0.0900. The molecule has 0 bridgehead atoms. The zero-order valence-electron chi connectivity index (χ0n) is 14.4. The van der Waals surface area contributed by atoms with E-state index in [2.05, 4.69) is 35.4 Å². The second kappa shape index (κ2) is 12.3. The quantitative estimate of drug-likeness (QED) is 0.353. The second-order valence-corrected chi connectivity index (χ2v) is 7.40. The summed E-state index contributed by atoms with van der Waals surface area (Å²) < 4.78 is 6.25. The lowest BCUT2D eigenvalue weighted by Gasteiger charge is -2.31. The summed E-state index contributed by atoms with van der Waals surface area (Å²) in [6, 6.07) is 4.47. The predicted molar refractivity (Wildman–Crippen MR) is 114 cm³/mol. The van der Waals surface area contributed by atoms with Crippen molar-refractivity contribution in [2.24, 2.45) is 4.99 Å². The third-order valence-electron chi connectivity index (χ3n) is 3.82. The number of aliphatic imine (C=N–C) groups is 1. The lowest BCUT2D eigenvalue weighted by atomic mass is 10.2. The van der Waals surface area contributed by atoms with Crippen molar-refractivity contribution in [2.75, 3.05) is 45.9 Å². The van der Waals surface area contributed by atoms with Crippen LogP contribution in [0.2, 0.25) is 4.34 Å². The van der Waals surface area contributed by atoms with Gasteiger partial charge >= 0.3 is 0 Å². The molecule has 24 heavy (non-hydrogen) atoms. The Morgan fingerprint density at radius 2 is 2.12 bits per heavy atom. The molecule has 2 N–H and O–H groups in total. The van der Waals surface area contributed by atoms with Gasteiger partial charge in [-0.3, -0.25) is 9.89 Å². The van der Waals surface area contributed by atoms with Gasteiger partial charge in [0.05, 0.1) is 24.1 Å². The maximum Gasteiger partial charge on any atom is 0.191 e. The predicted octanol–water partition coefficient (Wildman–Crippen LogP) is 2.84. The van der Waals surface area contributed by atoms with Crippen molar-refractivity contribution < 1.29 is 4.74 Å². The summed E-state index contributed by atoms with van der Waals surface area (Å²) in [5, 5.41) is 6.70. The van der Waals surface area contributed by atoms with Gasteiger partial charge in [0.2, 0.25) is 0 Å². The highest BCUT2D eigenvalue weighted by molar-refractivity contribution is 14.0. The number of ether oxygens (including phenoxy) is 1. The molecule has 0 radical (unpaired) electrons. The standard InChI is InChI=1S/C16H27ClN4OS.HI/c1-3-18-16(19-7-6-14-4-5-15(17)23-14)20-12-13(2)21-8-10-22-11-9-21;/h4-5,13H,3,6-12H2,1-2H3,(H2,18,19,20);1H. The summed E-state index contributed by atoms with van der Waals surface area (Å²) in [4.78, 5) is 8.44. The minimum Gasteiger partial charge on any atom is -0.379 e. The van der Waals surface area contributed by atoms with Crippen molar-refractivity contribution >= 4 is 52.9 Å². The Bertz CT molecular complexity index is 494. The van der Waals surface area contributed by atoms with E-state index >= 15 is 0 Å². The van der Waals surface area contributed by atoms with Crippen LogP contribution >= 0.6 is 46.9 Å². The lowest BCUT2D eigenvalue weighted by molar-refractivity contribution is 0.0220. The normalized spacial score (nSPS) is 17.2. The molecule has 0 aliphatic carbocycles. The first-order valence-electron chi connectivity index (χ1n) is 8.27. The molecule has 1 atom stereocenters. The third kappa shape index (κ3) is 7.86. The molecule has 5 nitrogen and oxygen atoms in total. The van der Waals surface area contributed by atoms with E-state index in [4.69, 9.17) is 21.3 Å². The van der Waals surface area contributed by atoms with Crippen LogP contribution in [0.25, 0.3) is 0 Å². The van der Waals surface area contributed by atoms with Gasteiger partial charge in [-0.2, -0.15) is 0 Å². The van der Waals surface area contributed by atoms with Crippen molar-refractivity contribution in [1.82, 2.24) is 15.5 Å². The molecule has 0 spiro atoms. The van der Waals surface area contributed by atoms with Gasteiger partial charge in [0, 0.05) is 37.1 Å². The van der Waals surface area contributed by atoms with Crippen LogP contribution in [0.3, 0.4) is 0 Å². The maximum absolute atomic E-state index is 5.96. The molecule has 1 aliphatic heterocycles. The van der Waals surface area contributed by atoms with Gasteiger partial charge in [0.1, 0.15) is 0 Å². The third-order valence-corrected chi connectivity index (χ3v) is 5.11. The Balaban J connectivity index is 0.00000288. The number of hydrogen-bond donors (Lipinski definition) is 2. The molecule has 138 valence electrons. The van der Waals surface area contributed by atoms with Crippen LogP contribution in [0.15, 0.2) is 17.1 Å². The van der Waals surface area contributed by atoms with Crippen LogP contribution in [-0.2, 0) is 11.2 Å². The number of halogens is 2. The van der Waals surface area contributed by atoms with Crippen LogP contribution in [0.5, 0.6) is 0 Å². The monoisotopic (exact) mass is 486 g/mol. The Morgan fingerprint density at radius 1 is 1.38 bits per heavy atom. The van der Waals surface area contributed by atoms with E-state index in [0.717, 1.165) is 62.7 Å². The molecule has 1 aliphatic rings. The number of morpholine rings is 1. The average Bonchev–Trinajstić information content (AvgIpc) is 2.98. The van der Waals surface area contributed by atoms with Crippen LogP contribution in [-0.4, -0.2) is 62.8 Å². The molecule has 1 saturated heterocycles. The van der Waals surface area contributed by atoms with Crippen LogP contribution in [0.4, 0.5) is 0 Å². The minimum atomic E-state index is 0. The molecule has 1 unspecified atom stereocenters. The summed E-state index contributed by atoms with van der Waals surface area (Å²) in [6.45, 7) is 10.5. The molecule has 0 saturated carbocycles. The fraction of sp³-hybridized carbons (Fsp3) is 0.688. The van der Waals surface area contributed by atoms with Crippen LogP contribution in [0, 0.1) is 0 Å². The first-order valence-corrected chi connectivity index (χ1v) is 9.46. The summed E-state index contributed by atoms with van der Waals surface area (Å²) in [5.74, 6) is 0.885. The van der Waals surface area contributed by atoms with E-state index < -0.39 is 0 Å². The highest BCUT2D eigenvalue weighted by atomic mass is 127. The van der Waals surface area contributed by atoms with Crippen LogP contribution in [0.1, 0.15) is 18.7 Å². The van der Waals surface area contributed by atoms with E-state index in [1.165, 1.54) is 4.88 Å². The van der Waals surface area contributed by atoms with Crippen LogP contribution < -0.4 is 10.6 Å². The van der Waals surface area contributed by atoms with E-state index in [9.17, 15) is 0 Å². The molecule has 2 heterocycles.